The molecule has 2 rings (SSSR count). The highest BCUT2D eigenvalue weighted by Crippen LogP contribution is 2.21. The predicted octanol–water partition coefficient (Wildman–Crippen LogP) is 3.35. The molecule has 2 aromatic rings. The van der Waals surface area contributed by atoms with Crippen molar-refractivity contribution in [3.05, 3.63) is 54.4 Å². The van der Waals surface area contributed by atoms with E-state index >= 15 is 0 Å². The molecule has 0 saturated carbocycles. The van der Waals surface area contributed by atoms with Crippen molar-refractivity contribution >= 4 is 17.3 Å². The first-order valence-electron chi connectivity index (χ1n) is 8.06. The van der Waals surface area contributed by atoms with E-state index in [1.807, 2.05) is 24.3 Å². The van der Waals surface area contributed by atoms with E-state index in [1.54, 1.807) is 24.5 Å². The summed E-state index contributed by atoms with van der Waals surface area (Å²) in [5.41, 5.74) is 2.32. The summed E-state index contributed by atoms with van der Waals surface area (Å²) in [5, 5.41) is 15.6. The van der Waals surface area contributed by atoms with Gasteiger partial charge in [0.1, 0.15) is 0 Å². The van der Waals surface area contributed by atoms with Gasteiger partial charge in [0.15, 0.2) is 0 Å². The Morgan fingerprint density at radius 3 is 2.50 bits per heavy atom. The largest absolute Gasteiger partial charge is 0.394 e. The molecule has 0 aliphatic carbocycles. The van der Waals surface area contributed by atoms with Crippen LogP contribution in [0.4, 0.5) is 11.4 Å². The molecule has 5 heteroatoms. The van der Waals surface area contributed by atoms with Crippen molar-refractivity contribution in [1.82, 2.24) is 10.3 Å². The van der Waals surface area contributed by atoms with E-state index in [2.05, 4.69) is 36.4 Å². The summed E-state index contributed by atoms with van der Waals surface area (Å²) in [7, 11) is 0. The highest BCUT2D eigenvalue weighted by molar-refractivity contribution is 5.95. The number of aromatic nitrogens is 1. The van der Waals surface area contributed by atoms with Crippen LogP contribution < -0.4 is 10.6 Å². The number of nitrogens with zero attached hydrogens (tertiary/aromatic N) is 1. The Morgan fingerprint density at radius 2 is 1.88 bits per heavy atom. The fourth-order valence-electron chi connectivity index (χ4n) is 2.51. The van der Waals surface area contributed by atoms with E-state index in [4.69, 9.17) is 0 Å². The summed E-state index contributed by atoms with van der Waals surface area (Å²) in [4.78, 5) is 16.4. The van der Waals surface area contributed by atoms with Crippen LogP contribution >= 0.6 is 0 Å². The second-order valence-electron chi connectivity index (χ2n) is 7.06. The van der Waals surface area contributed by atoms with E-state index in [9.17, 15) is 9.90 Å². The third-order valence-corrected chi connectivity index (χ3v) is 3.51. The maximum atomic E-state index is 12.4. The number of hydrogen-bond acceptors (Lipinski definition) is 4. The highest BCUT2D eigenvalue weighted by atomic mass is 16.3. The van der Waals surface area contributed by atoms with Crippen molar-refractivity contribution in [3.8, 4) is 0 Å². The van der Waals surface area contributed by atoms with Crippen LogP contribution in [0.1, 0.15) is 37.6 Å². The minimum absolute atomic E-state index is 0.0332. The number of carbonyl (C=O) groups is 1. The van der Waals surface area contributed by atoms with Crippen molar-refractivity contribution in [2.45, 2.75) is 33.2 Å². The quantitative estimate of drug-likeness (QED) is 0.760. The number of aliphatic hydroxyl groups excluding tert-OH is 1. The molecule has 1 amide bonds. The molecule has 3 N–H and O–H groups in total. The van der Waals surface area contributed by atoms with Gasteiger partial charge in [0.05, 0.1) is 12.6 Å². The lowest BCUT2D eigenvalue weighted by Gasteiger charge is -2.25. The maximum Gasteiger partial charge on any atom is 0.251 e. The number of amides is 1. The monoisotopic (exact) mass is 327 g/mol. The summed E-state index contributed by atoms with van der Waals surface area (Å²) >= 11 is 0. The summed E-state index contributed by atoms with van der Waals surface area (Å²) in [6.45, 7) is 6.18. The number of pyridine rings is 1. The summed E-state index contributed by atoms with van der Waals surface area (Å²) in [5.74, 6) is -0.184. The number of rotatable bonds is 6. The standard InChI is InChI=1S/C19H25N3O2/c1-19(2,3)12-17(13-23)22-18(24)14-5-4-6-16(11-14)21-15-7-9-20-10-8-15/h4-11,17,23H,12-13H2,1-3H3,(H,20,21)(H,22,24). The fraction of sp³-hybridized carbons (Fsp3) is 0.368. The Hall–Kier alpha value is -2.40. The summed E-state index contributed by atoms with van der Waals surface area (Å²) in [6.07, 6.45) is 4.12. The first-order chi connectivity index (χ1) is 11.4. The first-order valence-corrected chi connectivity index (χ1v) is 8.06. The van der Waals surface area contributed by atoms with E-state index < -0.39 is 0 Å². The Kier molecular flexibility index (Phi) is 5.93. The van der Waals surface area contributed by atoms with E-state index in [1.165, 1.54) is 0 Å². The van der Waals surface area contributed by atoms with Crippen LogP contribution in [0.5, 0.6) is 0 Å². The van der Waals surface area contributed by atoms with Crippen LogP contribution in [0.25, 0.3) is 0 Å². The van der Waals surface area contributed by atoms with Gasteiger partial charge in [-0.05, 0) is 42.2 Å². The number of nitrogens with one attached hydrogen (secondary N) is 2. The molecule has 5 nitrogen and oxygen atoms in total. The minimum Gasteiger partial charge on any atom is -0.394 e. The van der Waals surface area contributed by atoms with E-state index in [0.717, 1.165) is 11.4 Å². The third kappa shape index (κ3) is 5.66. The van der Waals surface area contributed by atoms with Crippen LogP contribution in [-0.4, -0.2) is 28.6 Å². The van der Waals surface area contributed by atoms with Crippen molar-refractivity contribution in [2.24, 2.45) is 5.41 Å². The Bertz CT molecular complexity index is 666. The zero-order chi connectivity index (χ0) is 17.6. The lowest BCUT2D eigenvalue weighted by Crippen LogP contribution is -2.40. The Morgan fingerprint density at radius 1 is 1.17 bits per heavy atom. The zero-order valence-electron chi connectivity index (χ0n) is 14.4. The SMILES string of the molecule is CC(C)(C)CC(CO)NC(=O)c1cccc(Nc2ccncc2)c1. The zero-order valence-corrected chi connectivity index (χ0v) is 14.4. The lowest BCUT2D eigenvalue weighted by molar-refractivity contribution is 0.0897. The number of aliphatic hydroxyl groups is 1. The molecule has 0 bridgehead atoms. The predicted molar refractivity (Wildman–Crippen MR) is 96.4 cm³/mol. The minimum atomic E-state index is -0.255. The maximum absolute atomic E-state index is 12.4. The van der Waals surface area contributed by atoms with E-state index in [0.29, 0.717) is 12.0 Å². The molecular formula is C19H25N3O2. The molecule has 0 fully saturated rings. The molecular weight excluding hydrogens is 302 g/mol. The molecule has 128 valence electrons. The molecule has 1 unspecified atom stereocenters. The molecule has 0 spiro atoms. The Balaban J connectivity index is 2.05. The molecule has 24 heavy (non-hydrogen) atoms. The summed E-state index contributed by atoms with van der Waals surface area (Å²) in [6, 6.07) is 10.7. The van der Waals surface area contributed by atoms with Gasteiger partial charge in [0, 0.05) is 29.3 Å². The normalized spacial score (nSPS) is 12.5. The van der Waals surface area contributed by atoms with Gasteiger partial charge in [-0.2, -0.15) is 0 Å². The third-order valence-electron chi connectivity index (χ3n) is 3.51. The smallest absolute Gasteiger partial charge is 0.251 e. The van der Waals surface area contributed by atoms with E-state index in [-0.39, 0.29) is 24.0 Å². The summed E-state index contributed by atoms with van der Waals surface area (Å²) < 4.78 is 0. The Labute approximate surface area is 143 Å². The van der Waals surface area contributed by atoms with Gasteiger partial charge >= 0.3 is 0 Å². The van der Waals surface area contributed by atoms with Crippen LogP contribution in [0.15, 0.2) is 48.8 Å². The molecule has 1 aromatic heterocycles. The molecule has 0 radical (unpaired) electrons. The first kappa shape index (κ1) is 17.9. The number of carbonyl (C=O) groups excluding carboxylic acids is 1. The van der Waals surface area contributed by atoms with Crippen LogP contribution in [-0.2, 0) is 0 Å². The van der Waals surface area contributed by atoms with Gasteiger partial charge in [-0.15, -0.1) is 0 Å². The molecule has 1 aromatic carbocycles. The van der Waals surface area contributed by atoms with Gasteiger partial charge in [-0.3, -0.25) is 9.78 Å². The fourth-order valence-corrected chi connectivity index (χ4v) is 2.51. The number of benzene rings is 1. The van der Waals surface area contributed by atoms with Gasteiger partial charge < -0.3 is 15.7 Å². The highest BCUT2D eigenvalue weighted by Gasteiger charge is 2.20. The molecule has 1 atom stereocenters. The second kappa shape index (κ2) is 7.93. The topological polar surface area (TPSA) is 74.2 Å². The van der Waals surface area contributed by atoms with Crippen molar-refractivity contribution in [2.75, 3.05) is 11.9 Å². The van der Waals surface area contributed by atoms with Crippen molar-refractivity contribution in [3.63, 3.8) is 0 Å². The van der Waals surface area contributed by atoms with Crippen molar-refractivity contribution in [1.29, 1.82) is 0 Å². The number of hydrogen-bond donors (Lipinski definition) is 3. The lowest BCUT2D eigenvalue weighted by atomic mass is 9.88. The van der Waals surface area contributed by atoms with Gasteiger partial charge in [-0.25, -0.2) is 0 Å². The average molecular weight is 327 g/mol. The van der Waals surface area contributed by atoms with Gasteiger partial charge in [0.2, 0.25) is 0 Å². The number of anilines is 2. The van der Waals surface area contributed by atoms with Gasteiger partial charge in [0.25, 0.3) is 5.91 Å². The van der Waals surface area contributed by atoms with Gasteiger partial charge in [-0.1, -0.05) is 26.8 Å². The van der Waals surface area contributed by atoms with Crippen molar-refractivity contribution < 1.29 is 9.90 Å². The van der Waals surface area contributed by atoms with Crippen LogP contribution in [0.2, 0.25) is 0 Å². The van der Waals surface area contributed by atoms with Crippen LogP contribution in [0, 0.1) is 5.41 Å². The van der Waals surface area contributed by atoms with Crippen LogP contribution in [0.3, 0.4) is 0 Å². The molecule has 0 saturated heterocycles. The molecule has 1 heterocycles. The average Bonchev–Trinajstić information content (AvgIpc) is 2.54. The second-order valence-corrected chi connectivity index (χ2v) is 7.06. The molecule has 0 aliphatic heterocycles. The molecule has 0 aliphatic rings.